The highest BCUT2D eigenvalue weighted by Gasteiger charge is 2.20. The van der Waals surface area contributed by atoms with Gasteiger partial charge in [-0.2, -0.15) is 0 Å². The number of piperidine rings is 1. The van der Waals surface area contributed by atoms with E-state index in [0.29, 0.717) is 47.3 Å². The molecule has 0 aliphatic carbocycles. The number of hydrogen-bond donors (Lipinski definition) is 1. The van der Waals surface area contributed by atoms with E-state index in [1.165, 1.54) is 12.1 Å². The van der Waals surface area contributed by atoms with Crippen molar-refractivity contribution in [1.29, 1.82) is 0 Å². The standard InChI is InChI=1S/C33H30FN3O3/c34-26-10-14-28(15-11-26)40-29-16-17-31-30(19-29)33(38)37(21-24-7-4-18-35-20-24)32(36-31)25-8-12-27(13-9-25)39-22-23-5-2-1-3-6-23/h1-3,5-6,8-17,19,24,35H,4,7,18,20-22H2. The van der Waals surface area contributed by atoms with Gasteiger partial charge < -0.3 is 14.8 Å². The van der Waals surface area contributed by atoms with Gasteiger partial charge in [0.1, 0.15) is 35.5 Å². The second-order valence-electron chi connectivity index (χ2n) is 10.1. The van der Waals surface area contributed by atoms with Gasteiger partial charge >= 0.3 is 0 Å². The van der Waals surface area contributed by atoms with Gasteiger partial charge in [0, 0.05) is 12.1 Å². The lowest BCUT2D eigenvalue weighted by molar-refractivity contribution is 0.306. The van der Waals surface area contributed by atoms with Gasteiger partial charge in [-0.05, 0) is 104 Å². The molecule has 5 aromatic rings. The number of fused-ring (bicyclic) bond motifs is 1. The smallest absolute Gasteiger partial charge is 0.261 e. The maximum absolute atomic E-state index is 13.9. The summed E-state index contributed by atoms with van der Waals surface area (Å²) in [5, 5.41) is 3.93. The zero-order chi connectivity index (χ0) is 27.3. The molecule has 1 N–H and O–H groups in total. The van der Waals surface area contributed by atoms with Gasteiger partial charge in [0.15, 0.2) is 0 Å². The summed E-state index contributed by atoms with van der Waals surface area (Å²) in [6.07, 6.45) is 2.13. The minimum absolute atomic E-state index is 0.112. The number of hydrogen-bond acceptors (Lipinski definition) is 5. The number of halogens is 1. The highest BCUT2D eigenvalue weighted by atomic mass is 19.1. The lowest BCUT2D eigenvalue weighted by Gasteiger charge is -2.25. The quantitative estimate of drug-likeness (QED) is 0.243. The first-order valence-corrected chi connectivity index (χ1v) is 13.6. The minimum atomic E-state index is -0.335. The molecule has 1 aromatic heterocycles. The van der Waals surface area contributed by atoms with Gasteiger partial charge in [-0.25, -0.2) is 9.37 Å². The molecule has 6 nitrogen and oxygen atoms in total. The van der Waals surface area contributed by atoms with E-state index in [4.69, 9.17) is 14.5 Å². The molecule has 1 fully saturated rings. The van der Waals surface area contributed by atoms with Crippen molar-refractivity contribution in [1.82, 2.24) is 14.9 Å². The molecule has 1 aliphatic heterocycles. The van der Waals surface area contributed by atoms with Gasteiger partial charge in [0.25, 0.3) is 5.56 Å². The maximum atomic E-state index is 13.9. The molecular formula is C33H30FN3O3. The summed E-state index contributed by atoms with van der Waals surface area (Å²) in [7, 11) is 0. The number of nitrogens with zero attached hydrogens (tertiary/aromatic N) is 2. The van der Waals surface area contributed by atoms with E-state index in [-0.39, 0.29) is 11.4 Å². The van der Waals surface area contributed by atoms with Crippen LogP contribution in [0.15, 0.2) is 102 Å². The summed E-state index contributed by atoms with van der Waals surface area (Å²) in [5.74, 6) is 2.37. The molecule has 6 rings (SSSR count). The Hall–Kier alpha value is -4.49. The predicted octanol–water partition coefficient (Wildman–Crippen LogP) is 6.57. The molecule has 7 heteroatoms. The van der Waals surface area contributed by atoms with E-state index < -0.39 is 0 Å². The molecule has 0 spiro atoms. The summed E-state index contributed by atoms with van der Waals surface area (Å²) >= 11 is 0. The Balaban J connectivity index is 1.33. The molecular weight excluding hydrogens is 505 g/mol. The van der Waals surface area contributed by atoms with E-state index in [2.05, 4.69) is 5.32 Å². The van der Waals surface area contributed by atoms with Crippen LogP contribution in [-0.4, -0.2) is 22.6 Å². The first-order valence-electron chi connectivity index (χ1n) is 13.6. The fourth-order valence-corrected chi connectivity index (χ4v) is 5.07. The molecule has 202 valence electrons. The molecule has 40 heavy (non-hydrogen) atoms. The third-order valence-electron chi connectivity index (χ3n) is 7.18. The summed E-state index contributed by atoms with van der Waals surface area (Å²) < 4.78 is 27.0. The molecule has 2 heterocycles. The highest BCUT2D eigenvalue weighted by Crippen LogP contribution is 2.28. The van der Waals surface area contributed by atoms with Crippen LogP contribution in [0.25, 0.3) is 22.3 Å². The molecule has 1 saturated heterocycles. The van der Waals surface area contributed by atoms with Crippen LogP contribution in [0, 0.1) is 11.7 Å². The maximum Gasteiger partial charge on any atom is 0.261 e. The predicted molar refractivity (Wildman–Crippen MR) is 154 cm³/mol. The fourth-order valence-electron chi connectivity index (χ4n) is 5.07. The van der Waals surface area contributed by atoms with E-state index in [1.54, 1.807) is 34.9 Å². The van der Waals surface area contributed by atoms with Crippen molar-refractivity contribution in [3.63, 3.8) is 0 Å². The minimum Gasteiger partial charge on any atom is -0.489 e. The zero-order valence-electron chi connectivity index (χ0n) is 22.1. The van der Waals surface area contributed by atoms with Crippen LogP contribution in [0.1, 0.15) is 18.4 Å². The van der Waals surface area contributed by atoms with Gasteiger partial charge in [0.05, 0.1) is 10.9 Å². The SMILES string of the molecule is O=c1c2cc(Oc3ccc(F)cc3)ccc2nc(-c2ccc(OCc3ccccc3)cc2)n1CC1CCCNC1. The Morgan fingerprint density at radius 3 is 2.40 bits per heavy atom. The summed E-state index contributed by atoms with van der Waals surface area (Å²) in [6, 6.07) is 28.9. The average molecular weight is 536 g/mol. The van der Waals surface area contributed by atoms with E-state index in [0.717, 1.165) is 42.8 Å². The first kappa shape index (κ1) is 25.8. The van der Waals surface area contributed by atoms with Crippen molar-refractivity contribution < 1.29 is 13.9 Å². The van der Waals surface area contributed by atoms with Crippen molar-refractivity contribution in [2.24, 2.45) is 5.92 Å². The van der Waals surface area contributed by atoms with E-state index >= 15 is 0 Å². The lowest BCUT2D eigenvalue weighted by atomic mass is 9.99. The van der Waals surface area contributed by atoms with Crippen LogP contribution in [0.3, 0.4) is 0 Å². The van der Waals surface area contributed by atoms with Crippen molar-refractivity contribution in [2.45, 2.75) is 26.0 Å². The topological polar surface area (TPSA) is 65.4 Å². The second-order valence-corrected chi connectivity index (χ2v) is 10.1. The van der Waals surface area contributed by atoms with Crippen molar-refractivity contribution in [3.05, 3.63) is 119 Å². The molecule has 0 amide bonds. The Labute approximate surface area is 232 Å². The number of aromatic nitrogens is 2. The molecule has 1 unspecified atom stereocenters. The molecule has 1 aliphatic rings. The number of ether oxygens (including phenoxy) is 2. The van der Waals surface area contributed by atoms with Crippen molar-refractivity contribution in [2.75, 3.05) is 13.1 Å². The van der Waals surface area contributed by atoms with Gasteiger partial charge in [-0.15, -0.1) is 0 Å². The Morgan fingerprint density at radius 1 is 0.900 bits per heavy atom. The van der Waals surface area contributed by atoms with Crippen LogP contribution >= 0.6 is 0 Å². The molecule has 0 bridgehead atoms. The summed E-state index contributed by atoms with van der Waals surface area (Å²) in [4.78, 5) is 18.9. The molecule has 1 atom stereocenters. The Kier molecular flexibility index (Phi) is 7.55. The average Bonchev–Trinajstić information content (AvgIpc) is 3.00. The number of rotatable bonds is 8. The van der Waals surface area contributed by atoms with Crippen molar-refractivity contribution >= 4 is 10.9 Å². The third kappa shape index (κ3) is 5.90. The Bertz CT molecular complexity index is 1650. The van der Waals surface area contributed by atoms with Gasteiger partial charge in [-0.1, -0.05) is 30.3 Å². The largest absolute Gasteiger partial charge is 0.489 e. The van der Waals surface area contributed by atoms with Gasteiger partial charge in [-0.3, -0.25) is 9.36 Å². The fraction of sp³-hybridized carbons (Fsp3) is 0.212. The van der Waals surface area contributed by atoms with Crippen LogP contribution in [0.2, 0.25) is 0 Å². The zero-order valence-corrected chi connectivity index (χ0v) is 22.1. The van der Waals surface area contributed by atoms with Gasteiger partial charge in [0.2, 0.25) is 0 Å². The van der Waals surface area contributed by atoms with Crippen LogP contribution in [0.4, 0.5) is 4.39 Å². The summed E-state index contributed by atoms with van der Waals surface area (Å²) in [6.45, 7) is 2.92. The van der Waals surface area contributed by atoms with E-state index in [9.17, 15) is 9.18 Å². The van der Waals surface area contributed by atoms with Crippen molar-refractivity contribution in [3.8, 4) is 28.6 Å². The van der Waals surface area contributed by atoms with Crippen LogP contribution < -0.4 is 20.3 Å². The lowest BCUT2D eigenvalue weighted by Crippen LogP contribution is -2.35. The number of nitrogens with one attached hydrogen (secondary N) is 1. The van der Waals surface area contributed by atoms with Crippen LogP contribution in [-0.2, 0) is 13.2 Å². The molecule has 0 radical (unpaired) electrons. The second kappa shape index (κ2) is 11.7. The number of benzene rings is 4. The first-order chi connectivity index (χ1) is 19.6. The highest BCUT2D eigenvalue weighted by molar-refractivity contribution is 5.81. The third-order valence-corrected chi connectivity index (χ3v) is 7.18. The van der Waals surface area contributed by atoms with E-state index in [1.807, 2.05) is 54.6 Å². The Morgan fingerprint density at radius 2 is 1.65 bits per heavy atom. The monoisotopic (exact) mass is 535 g/mol. The molecule has 4 aromatic carbocycles. The molecule has 0 saturated carbocycles. The van der Waals surface area contributed by atoms with Crippen LogP contribution in [0.5, 0.6) is 17.2 Å². The normalized spacial score (nSPS) is 15.2. The summed E-state index contributed by atoms with van der Waals surface area (Å²) in [5.41, 5.74) is 2.43.